The summed E-state index contributed by atoms with van der Waals surface area (Å²) in [6, 6.07) is 8.18. The minimum absolute atomic E-state index is 0.130. The van der Waals surface area contributed by atoms with Gasteiger partial charge in [0, 0.05) is 11.3 Å². The molecular weight excluding hydrogens is 232 g/mol. The predicted octanol–water partition coefficient (Wildman–Crippen LogP) is 2.73. The molecule has 0 radical (unpaired) electrons. The van der Waals surface area contributed by atoms with Crippen LogP contribution in [-0.2, 0) is 0 Å². The summed E-state index contributed by atoms with van der Waals surface area (Å²) in [7, 11) is 0. The molecule has 0 aliphatic heterocycles. The maximum absolute atomic E-state index is 5.64. The summed E-state index contributed by atoms with van der Waals surface area (Å²) in [5.41, 5.74) is 4.00. The highest BCUT2D eigenvalue weighted by Gasteiger charge is 2.15. The summed E-state index contributed by atoms with van der Waals surface area (Å²) in [5, 5.41) is 0.602. The molecule has 1 atom stereocenters. The molecule has 0 spiro atoms. The quantitative estimate of drug-likeness (QED) is 0.580. The van der Waals surface area contributed by atoms with E-state index in [0.29, 0.717) is 11.9 Å². The van der Waals surface area contributed by atoms with Gasteiger partial charge in [0.1, 0.15) is 5.75 Å². The highest BCUT2D eigenvalue weighted by atomic mass is 32.2. The Labute approximate surface area is 108 Å². The largest absolute Gasteiger partial charge is 0.494 e. The van der Waals surface area contributed by atoms with Crippen molar-refractivity contribution in [3.8, 4) is 5.75 Å². The van der Waals surface area contributed by atoms with E-state index >= 15 is 0 Å². The maximum Gasteiger partial charge on any atom is 0.124 e. The van der Waals surface area contributed by atoms with E-state index in [4.69, 9.17) is 10.6 Å². The number of rotatable bonds is 7. The molecule has 0 heterocycles. The number of hydrazine groups is 1. The Balaban J connectivity index is 2.79. The van der Waals surface area contributed by atoms with Crippen LogP contribution in [0.1, 0.15) is 32.4 Å². The maximum atomic E-state index is 5.64. The van der Waals surface area contributed by atoms with Gasteiger partial charge in [-0.2, -0.15) is 11.8 Å². The zero-order valence-electron chi connectivity index (χ0n) is 10.8. The number of hydrogen-bond donors (Lipinski definition) is 2. The first-order valence-electron chi connectivity index (χ1n) is 5.98. The minimum Gasteiger partial charge on any atom is -0.494 e. The Bertz CT molecular complexity index is 331. The second-order valence-electron chi connectivity index (χ2n) is 4.07. The second-order valence-corrected chi connectivity index (χ2v) is 5.68. The van der Waals surface area contributed by atoms with Crippen molar-refractivity contribution in [1.29, 1.82) is 0 Å². The van der Waals surface area contributed by atoms with Gasteiger partial charge in [0.15, 0.2) is 0 Å². The SMILES string of the molecule is CCOc1ccccc1C(CSC(C)C)NN. The van der Waals surface area contributed by atoms with Crippen LogP contribution in [0.3, 0.4) is 0 Å². The van der Waals surface area contributed by atoms with Crippen molar-refractivity contribution < 1.29 is 4.74 Å². The summed E-state index contributed by atoms with van der Waals surface area (Å²) in [6.07, 6.45) is 0. The van der Waals surface area contributed by atoms with Crippen molar-refractivity contribution in [3.05, 3.63) is 29.8 Å². The molecule has 1 aromatic rings. The Morgan fingerprint density at radius 3 is 2.65 bits per heavy atom. The molecule has 17 heavy (non-hydrogen) atoms. The lowest BCUT2D eigenvalue weighted by molar-refractivity contribution is 0.333. The first-order valence-corrected chi connectivity index (χ1v) is 7.03. The Kier molecular flexibility index (Phi) is 6.40. The number of para-hydroxylation sites is 1. The van der Waals surface area contributed by atoms with Gasteiger partial charge in [0.25, 0.3) is 0 Å². The summed E-state index contributed by atoms with van der Waals surface area (Å²) >= 11 is 1.89. The molecule has 96 valence electrons. The number of nitrogens with two attached hydrogens (primary N) is 1. The third-order valence-corrected chi connectivity index (χ3v) is 3.58. The summed E-state index contributed by atoms with van der Waals surface area (Å²) in [6.45, 7) is 7.04. The fourth-order valence-electron chi connectivity index (χ4n) is 1.57. The third-order valence-electron chi connectivity index (χ3n) is 2.39. The third kappa shape index (κ3) is 4.58. The van der Waals surface area contributed by atoms with Crippen LogP contribution < -0.4 is 16.0 Å². The van der Waals surface area contributed by atoms with Gasteiger partial charge in [0.05, 0.1) is 12.6 Å². The van der Waals surface area contributed by atoms with Gasteiger partial charge in [-0.3, -0.25) is 11.3 Å². The Morgan fingerprint density at radius 1 is 1.35 bits per heavy atom. The standard InChI is InChI=1S/C13H22N2OS/c1-4-16-13-8-6-5-7-11(13)12(15-14)9-17-10(2)3/h5-8,10,12,15H,4,9,14H2,1-3H3. The molecule has 1 aromatic carbocycles. The van der Waals surface area contributed by atoms with Crippen molar-refractivity contribution >= 4 is 11.8 Å². The molecule has 0 amide bonds. The van der Waals surface area contributed by atoms with Crippen LogP contribution in [0.5, 0.6) is 5.75 Å². The van der Waals surface area contributed by atoms with E-state index in [1.807, 2.05) is 36.9 Å². The molecule has 0 aromatic heterocycles. The van der Waals surface area contributed by atoms with Gasteiger partial charge in [-0.1, -0.05) is 32.0 Å². The lowest BCUT2D eigenvalue weighted by Gasteiger charge is -2.20. The van der Waals surface area contributed by atoms with E-state index in [1.165, 1.54) is 0 Å². The average Bonchev–Trinajstić information content (AvgIpc) is 2.32. The predicted molar refractivity (Wildman–Crippen MR) is 75.3 cm³/mol. The lowest BCUT2D eigenvalue weighted by atomic mass is 10.1. The lowest BCUT2D eigenvalue weighted by Crippen LogP contribution is -2.30. The van der Waals surface area contributed by atoms with Gasteiger partial charge in [-0.15, -0.1) is 0 Å². The van der Waals surface area contributed by atoms with Gasteiger partial charge in [-0.25, -0.2) is 0 Å². The normalized spacial score (nSPS) is 12.8. The molecular formula is C13H22N2OS. The molecule has 3 nitrogen and oxygen atoms in total. The molecule has 3 N–H and O–H groups in total. The minimum atomic E-state index is 0.130. The van der Waals surface area contributed by atoms with Gasteiger partial charge in [-0.05, 0) is 18.2 Å². The van der Waals surface area contributed by atoms with E-state index in [9.17, 15) is 0 Å². The summed E-state index contributed by atoms with van der Waals surface area (Å²) in [5.74, 6) is 7.50. The second kappa shape index (κ2) is 7.58. The Hall–Kier alpha value is -0.710. The van der Waals surface area contributed by atoms with E-state index in [2.05, 4.69) is 25.3 Å². The zero-order chi connectivity index (χ0) is 12.7. The topological polar surface area (TPSA) is 47.3 Å². The molecule has 0 bridgehead atoms. The van der Waals surface area contributed by atoms with E-state index < -0.39 is 0 Å². The van der Waals surface area contributed by atoms with Crippen LogP contribution in [0.2, 0.25) is 0 Å². The summed E-state index contributed by atoms with van der Waals surface area (Å²) < 4.78 is 5.62. The van der Waals surface area contributed by atoms with Crippen LogP contribution in [0, 0.1) is 0 Å². The van der Waals surface area contributed by atoms with Crippen molar-refractivity contribution in [1.82, 2.24) is 5.43 Å². The fraction of sp³-hybridized carbons (Fsp3) is 0.538. The molecule has 4 heteroatoms. The Morgan fingerprint density at radius 2 is 2.06 bits per heavy atom. The summed E-state index contributed by atoms with van der Waals surface area (Å²) in [4.78, 5) is 0. The molecule has 1 unspecified atom stereocenters. The van der Waals surface area contributed by atoms with Crippen molar-refractivity contribution in [3.63, 3.8) is 0 Å². The van der Waals surface area contributed by atoms with Crippen molar-refractivity contribution in [2.24, 2.45) is 5.84 Å². The van der Waals surface area contributed by atoms with E-state index in [1.54, 1.807) is 0 Å². The highest BCUT2D eigenvalue weighted by Crippen LogP contribution is 2.28. The highest BCUT2D eigenvalue weighted by molar-refractivity contribution is 7.99. The molecule has 0 aliphatic carbocycles. The monoisotopic (exact) mass is 254 g/mol. The smallest absolute Gasteiger partial charge is 0.124 e. The van der Waals surface area contributed by atoms with Crippen LogP contribution in [0.15, 0.2) is 24.3 Å². The van der Waals surface area contributed by atoms with E-state index in [0.717, 1.165) is 17.1 Å². The zero-order valence-corrected chi connectivity index (χ0v) is 11.6. The van der Waals surface area contributed by atoms with E-state index in [-0.39, 0.29) is 6.04 Å². The molecule has 0 saturated carbocycles. The van der Waals surface area contributed by atoms with Crippen LogP contribution in [0.4, 0.5) is 0 Å². The first kappa shape index (κ1) is 14.4. The van der Waals surface area contributed by atoms with Crippen molar-refractivity contribution in [2.45, 2.75) is 32.1 Å². The fourth-order valence-corrected chi connectivity index (χ4v) is 2.42. The number of thioether (sulfide) groups is 1. The number of nitrogens with one attached hydrogen (secondary N) is 1. The van der Waals surface area contributed by atoms with Gasteiger partial charge in [0.2, 0.25) is 0 Å². The number of benzene rings is 1. The van der Waals surface area contributed by atoms with Crippen LogP contribution in [0.25, 0.3) is 0 Å². The molecule has 0 aliphatic rings. The number of ether oxygens (including phenoxy) is 1. The average molecular weight is 254 g/mol. The first-order chi connectivity index (χ1) is 8.19. The van der Waals surface area contributed by atoms with Gasteiger partial charge < -0.3 is 4.74 Å². The molecule has 1 rings (SSSR count). The van der Waals surface area contributed by atoms with Crippen LogP contribution in [-0.4, -0.2) is 17.6 Å². The molecule has 0 saturated heterocycles. The van der Waals surface area contributed by atoms with Crippen molar-refractivity contribution in [2.75, 3.05) is 12.4 Å². The molecule has 0 fully saturated rings. The van der Waals surface area contributed by atoms with Gasteiger partial charge >= 0.3 is 0 Å². The van der Waals surface area contributed by atoms with Crippen LogP contribution >= 0.6 is 11.8 Å². The number of hydrogen-bond acceptors (Lipinski definition) is 4.